The molecular weight excluding hydrogens is 338 g/mol. The fraction of sp³-hybridized carbons (Fsp3) is 0.125. The van der Waals surface area contributed by atoms with E-state index in [1.165, 1.54) is 17.7 Å². The van der Waals surface area contributed by atoms with Crippen LogP contribution in [0, 0.1) is 0 Å². The van der Waals surface area contributed by atoms with Crippen LogP contribution in [0.4, 0.5) is 27.2 Å². The summed E-state index contributed by atoms with van der Waals surface area (Å²) in [6, 6.07) is 10.9. The third-order valence-electron chi connectivity index (χ3n) is 3.06. The standard InChI is InChI=1S/C16H17N7OS/c24-16(23-15-5-3-9-25-15)19-8-7-18-13-10-14(21-11-20-13)22-12-4-1-2-6-17-12/h1-6,9-11H,7-8H2,(H2,19,23,24)(H2,17,18,20,21,22). The van der Waals surface area contributed by atoms with Crippen LogP contribution in [0.5, 0.6) is 0 Å². The summed E-state index contributed by atoms with van der Waals surface area (Å²) in [7, 11) is 0. The topological polar surface area (TPSA) is 104 Å². The quantitative estimate of drug-likeness (QED) is 0.486. The highest BCUT2D eigenvalue weighted by atomic mass is 32.1. The largest absolute Gasteiger partial charge is 0.368 e. The van der Waals surface area contributed by atoms with Crippen molar-refractivity contribution in [3.8, 4) is 0 Å². The fourth-order valence-corrected chi connectivity index (χ4v) is 2.58. The monoisotopic (exact) mass is 355 g/mol. The Hall–Kier alpha value is -3.20. The van der Waals surface area contributed by atoms with Gasteiger partial charge in [0, 0.05) is 25.4 Å². The number of carbonyl (C=O) groups is 1. The molecule has 3 aromatic rings. The van der Waals surface area contributed by atoms with Crippen molar-refractivity contribution in [2.75, 3.05) is 29.0 Å². The Bertz CT molecular complexity index is 795. The lowest BCUT2D eigenvalue weighted by molar-refractivity contribution is 0.252. The zero-order valence-corrected chi connectivity index (χ0v) is 14.1. The summed E-state index contributed by atoms with van der Waals surface area (Å²) in [6.07, 6.45) is 3.17. The number of pyridine rings is 1. The summed E-state index contributed by atoms with van der Waals surface area (Å²) < 4.78 is 0. The average molecular weight is 355 g/mol. The van der Waals surface area contributed by atoms with Gasteiger partial charge in [0.25, 0.3) is 0 Å². The smallest absolute Gasteiger partial charge is 0.319 e. The van der Waals surface area contributed by atoms with Crippen molar-refractivity contribution in [3.05, 3.63) is 54.3 Å². The molecule has 0 unspecified atom stereocenters. The second-order valence-electron chi connectivity index (χ2n) is 4.91. The predicted octanol–water partition coefficient (Wildman–Crippen LogP) is 2.91. The van der Waals surface area contributed by atoms with Crippen molar-refractivity contribution in [1.29, 1.82) is 0 Å². The maximum Gasteiger partial charge on any atom is 0.319 e. The normalized spacial score (nSPS) is 10.1. The SMILES string of the molecule is O=C(NCCNc1cc(Nc2ccccn2)ncn1)Nc1cccs1. The van der Waals surface area contributed by atoms with Gasteiger partial charge in [0.05, 0.1) is 5.00 Å². The van der Waals surface area contributed by atoms with E-state index < -0.39 is 0 Å². The number of thiophene rings is 1. The van der Waals surface area contributed by atoms with Crippen molar-refractivity contribution in [2.24, 2.45) is 0 Å². The molecule has 3 aromatic heterocycles. The van der Waals surface area contributed by atoms with Gasteiger partial charge in [0.2, 0.25) is 0 Å². The average Bonchev–Trinajstić information content (AvgIpc) is 3.13. The number of hydrogen-bond donors (Lipinski definition) is 4. The molecule has 0 bridgehead atoms. The van der Waals surface area contributed by atoms with Crippen LogP contribution >= 0.6 is 11.3 Å². The molecule has 0 aliphatic carbocycles. The van der Waals surface area contributed by atoms with Crippen LogP contribution in [0.1, 0.15) is 0 Å². The van der Waals surface area contributed by atoms with E-state index in [0.717, 1.165) is 5.00 Å². The Morgan fingerprint density at radius 3 is 2.72 bits per heavy atom. The van der Waals surface area contributed by atoms with Crippen LogP contribution in [0.15, 0.2) is 54.3 Å². The lowest BCUT2D eigenvalue weighted by atomic mass is 10.4. The lowest BCUT2D eigenvalue weighted by Gasteiger charge is -2.09. The van der Waals surface area contributed by atoms with E-state index in [1.807, 2.05) is 35.7 Å². The van der Waals surface area contributed by atoms with E-state index in [1.54, 1.807) is 12.3 Å². The van der Waals surface area contributed by atoms with E-state index in [-0.39, 0.29) is 6.03 Å². The lowest BCUT2D eigenvalue weighted by Crippen LogP contribution is -2.32. The molecule has 3 heterocycles. The molecule has 128 valence electrons. The molecule has 3 rings (SSSR count). The summed E-state index contributed by atoms with van der Waals surface area (Å²) in [6.45, 7) is 1.00. The third kappa shape index (κ3) is 5.43. The van der Waals surface area contributed by atoms with E-state index >= 15 is 0 Å². The molecule has 0 saturated heterocycles. The number of urea groups is 1. The molecule has 0 spiro atoms. The number of rotatable bonds is 7. The van der Waals surface area contributed by atoms with Gasteiger partial charge < -0.3 is 16.0 Å². The maximum absolute atomic E-state index is 11.7. The van der Waals surface area contributed by atoms with E-state index in [4.69, 9.17) is 0 Å². The van der Waals surface area contributed by atoms with E-state index in [0.29, 0.717) is 30.5 Å². The Labute approximate surface area is 148 Å². The van der Waals surface area contributed by atoms with E-state index in [2.05, 4.69) is 36.2 Å². The van der Waals surface area contributed by atoms with Crippen molar-refractivity contribution >= 4 is 39.8 Å². The minimum absolute atomic E-state index is 0.232. The van der Waals surface area contributed by atoms with Gasteiger partial charge in [0.15, 0.2) is 0 Å². The number of nitrogens with one attached hydrogen (secondary N) is 4. The molecule has 0 atom stereocenters. The van der Waals surface area contributed by atoms with Gasteiger partial charge in [-0.15, -0.1) is 11.3 Å². The molecule has 0 saturated carbocycles. The van der Waals surface area contributed by atoms with Gasteiger partial charge in [0.1, 0.15) is 23.8 Å². The molecule has 0 fully saturated rings. The minimum Gasteiger partial charge on any atom is -0.368 e. The van der Waals surface area contributed by atoms with Crippen molar-refractivity contribution in [3.63, 3.8) is 0 Å². The van der Waals surface area contributed by atoms with Crippen LogP contribution in [0.3, 0.4) is 0 Å². The van der Waals surface area contributed by atoms with E-state index in [9.17, 15) is 4.79 Å². The highest BCUT2D eigenvalue weighted by Gasteiger charge is 2.02. The van der Waals surface area contributed by atoms with Crippen LogP contribution in [0.2, 0.25) is 0 Å². The summed E-state index contributed by atoms with van der Waals surface area (Å²) in [5.41, 5.74) is 0. The van der Waals surface area contributed by atoms with Gasteiger partial charge in [-0.25, -0.2) is 19.7 Å². The predicted molar refractivity (Wildman–Crippen MR) is 99.4 cm³/mol. The Kier molecular flexibility index (Phi) is 5.73. The summed E-state index contributed by atoms with van der Waals surface area (Å²) in [5.74, 6) is 2.01. The molecule has 25 heavy (non-hydrogen) atoms. The molecule has 4 N–H and O–H groups in total. The van der Waals surface area contributed by atoms with Gasteiger partial charge in [-0.3, -0.25) is 5.32 Å². The molecule has 0 aliphatic heterocycles. The van der Waals surface area contributed by atoms with Crippen molar-refractivity contribution < 1.29 is 4.79 Å². The minimum atomic E-state index is -0.232. The molecular formula is C16H17N7OS. The van der Waals surface area contributed by atoms with Crippen LogP contribution in [-0.4, -0.2) is 34.1 Å². The van der Waals surface area contributed by atoms with Gasteiger partial charge in [-0.05, 0) is 29.6 Å². The highest BCUT2D eigenvalue weighted by molar-refractivity contribution is 7.14. The zero-order chi connectivity index (χ0) is 17.3. The number of aromatic nitrogens is 3. The molecule has 2 amide bonds. The Balaban J connectivity index is 1.42. The van der Waals surface area contributed by atoms with Crippen LogP contribution in [-0.2, 0) is 0 Å². The molecule has 9 heteroatoms. The third-order valence-corrected chi connectivity index (χ3v) is 3.85. The Morgan fingerprint density at radius 2 is 1.92 bits per heavy atom. The van der Waals surface area contributed by atoms with Crippen molar-refractivity contribution in [1.82, 2.24) is 20.3 Å². The molecule has 0 radical (unpaired) electrons. The van der Waals surface area contributed by atoms with Crippen molar-refractivity contribution in [2.45, 2.75) is 0 Å². The van der Waals surface area contributed by atoms with Gasteiger partial charge >= 0.3 is 6.03 Å². The number of anilines is 4. The second-order valence-corrected chi connectivity index (χ2v) is 5.86. The maximum atomic E-state index is 11.7. The first-order valence-corrected chi connectivity index (χ1v) is 8.50. The summed E-state index contributed by atoms with van der Waals surface area (Å²) in [5, 5.41) is 14.5. The van der Waals surface area contributed by atoms with Gasteiger partial charge in [-0.1, -0.05) is 6.07 Å². The highest BCUT2D eigenvalue weighted by Crippen LogP contribution is 2.14. The number of nitrogens with zero attached hydrogens (tertiary/aromatic N) is 3. The summed E-state index contributed by atoms with van der Waals surface area (Å²) in [4.78, 5) is 24.2. The first-order chi connectivity index (χ1) is 12.3. The molecule has 0 aromatic carbocycles. The summed E-state index contributed by atoms with van der Waals surface area (Å²) >= 11 is 1.47. The number of hydrogen-bond acceptors (Lipinski definition) is 7. The van der Waals surface area contributed by atoms with Crippen LogP contribution in [0.25, 0.3) is 0 Å². The zero-order valence-electron chi connectivity index (χ0n) is 13.3. The molecule has 8 nitrogen and oxygen atoms in total. The number of amides is 2. The second kappa shape index (κ2) is 8.60. The Morgan fingerprint density at radius 1 is 1.00 bits per heavy atom. The first-order valence-electron chi connectivity index (χ1n) is 7.62. The first kappa shape index (κ1) is 16.7. The number of carbonyl (C=O) groups excluding carboxylic acids is 1. The van der Waals surface area contributed by atoms with Gasteiger partial charge in [-0.2, -0.15) is 0 Å². The van der Waals surface area contributed by atoms with Crippen LogP contribution < -0.4 is 21.3 Å². The molecule has 0 aliphatic rings. The fourth-order valence-electron chi connectivity index (χ4n) is 1.96.